The van der Waals surface area contributed by atoms with Crippen molar-refractivity contribution in [1.82, 2.24) is 4.98 Å². The Labute approximate surface area is 213 Å². The van der Waals surface area contributed by atoms with Gasteiger partial charge in [-0.15, -0.1) is 0 Å². The van der Waals surface area contributed by atoms with Crippen LogP contribution >= 0.6 is 0 Å². The molecule has 2 aliphatic rings. The zero-order chi connectivity index (χ0) is 25.8. The predicted octanol–water partition coefficient (Wildman–Crippen LogP) is 8.42. The minimum atomic E-state index is -0.494. The number of ether oxygens (including phenoxy) is 1. The van der Waals surface area contributed by atoms with Crippen molar-refractivity contribution >= 4 is 0 Å². The minimum Gasteiger partial charge on any atom is -0.388 e. The van der Waals surface area contributed by atoms with E-state index in [0.717, 1.165) is 49.8 Å². The summed E-state index contributed by atoms with van der Waals surface area (Å²) in [7, 11) is 0. The number of hydrogen-bond donors (Lipinski definition) is 1. The molecule has 0 amide bonds. The molecular weight excluding hydrogens is 430 g/mol. The summed E-state index contributed by atoms with van der Waals surface area (Å²) in [4.78, 5) is 5.41. The second-order valence-corrected chi connectivity index (χ2v) is 13.1. The summed E-state index contributed by atoms with van der Waals surface area (Å²) in [6.07, 6.45) is 5.23. The number of nitrogens with zero attached hydrogens (tertiary/aromatic N) is 1. The Balaban J connectivity index is 1.98. The Hall–Kier alpha value is -1.71. The van der Waals surface area contributed by atoms with Crippen LogP contribution in [0, 0.1) is 5.41 Å². The lowest BCUT2D eigenvalue weighted by Gasteiger charge is -2.38. The predicted molar refractivity (Wildman–Crippen MR) is 145 cm³/mol. The van der Waals surface area contributed by atoms with Crippen molar-refractivity contribution in [2.24, 2.45) is 5.41 Å². The van der Waals surface area contributed by atoms with Gasteiger partial charge in [-0.3, -0.25) is 4.98 Å². The number of hydrogen-bond acceptors (Lipinski definition) is 3. The van der Waals surface area contributed by atoms with E-state index in [9.17, 15) is 5.11 Å². The highest BCUT2D eigenvalue weighted by atomic mass is 16.5. The van der Waals surface area contributed by atoms with Crippen molar-refractivity contribution in [2.75, 3.05) is 0 Å². The maximum atomic E-state index is 11.5. The number of aromatic nitrogens is 1. The first kappa shape index (κ1) is 26.4. The third-order valence-corrected chi connectivity index (χ3v) is 8.55. The van der Waals surface area contributed by atoms with Gasteiger partial charge in [-0.25, -0.2) is 0 Å². The number of pyridine rings is 1. The second kappa shape index (κ2) is 9.30. The lowest BCUT2D eigenvalue weighted by molar-refractivity contribution is -0.0521. The number of fused-ring (bicyclic) bond motifs is 3. The van der Waals surface area contributed by atoms with Crippen LogP contribution in [0.2, 0.25) is 0 Å². The number of rotatable bonds is 6. The normalized spacial score (nSPS) is 26.3. The summed E-state index contributed by atoms with van der Waals surface area (Å²) in [6, 6.07) is 9.01. The van der Waals surface area contributed by atoms with Crippen molar-refractivity contribution in [3.63, 3.8) is 0 Å². The van der Waals surface area contributed by atoms with E-state index in [1.54, 1.807) is 0 Å². The standard InChI is InChI=1S/C32H47NO2/c1-10-13-20(11-2)28-26-27(25-23(33-28)18-31(7,8)19-24(25)34)32(9,12-3)35-29(26)21-14-16-22(17-15-21)30(4,5)6/h14-17,20,24,29,34H,10-13,18-19H2,1-9H3. The van der Waals surface area contributed by atoms with Gasteiger partial charge >= 0.3 is 0 Å². The Kier molecular flexibility index (Phi) is 7.01. The molecule has 0 bridgehead atoms. The summed E-state index contributed by atoms with van der Waals surface area (Å²) in [6.45, 7) is 20.3. The van der Waals surface area contributed by atoms with Gasteiger partial charge in [0, 0.05) is 22.7 Å². The van der Waals surface area contributed by atoms with E-state index in [1.165, 1.54) is 27.9 Å². The quantitative estimate of drug-likeness (QED) is 0.454. The maximum Gasteiger partial charge on any atom is 0.111 e. The molecule has 1 aromatic carbocycles. The first-order valence-electron chi connectivity index (χ1n) is 13.9. The molecule has 4 unspecified atom stereocenters. The van der Waals surface area contributed by atoms with E-state index in [2.05, 4.69) is 86.6 Å². The molecule has 4 rings (SSSR count). The van der Waals surface area contributed by atoms with E-state index in [1.807, 2.05) is 0 Å². The van der Waals surface area contributed by atoms with Crippen molar-refractivity contribution in [3.05, 3.63) is 63.5 Å². The molecule has 3 nitrogen and oxygen atoms in total. The summed E-state index contributed by atoms with van der Waals surface area (Å²) >= 11 is 0. The Morgan fingerprint density at radius 3 is 2.26 bits per heavy atom. The monoisotopic (exact) mass is 477 g/mol. The summed E-state index contributed by atoms with van der Waals surface area (Å²) < 4.78 is 7.01. The van der Waals surface area contributed by atoms with Crippen molar-refractivity contribution in [3.8, 4) is 0 Å². The largest absolute Gasteiger partial charge is 0.388 e. The minimum absolute atomic E-state index is 0.0433. The highest BCUT2D eigenvalue weighted by Gasteiger charge is 2.49. The topological polar surface area (TPSA) is 42.4 Å². The van der Waals surface area contributed by atoms with Crippen LogP contribution in [0.5, 0.6) is 0 Å². The fourth-order valence-electron chi connectivity index (χ4n) is 6.39. The van der Waals surface area contributed by atoms with Gasteiger partial charge in [0.2, 0.25) is 0 Å². The molecule has 2 aromatic rings. The van der Waals surface area contributed by atoms with Crippen LogP contribution in [0.3, 0.4) is 0 Å². The molecule has 1 aromatic heterocycles. The summed E-state index contributed by atoms with van der Waals surface area (Å²) in [5, 5.41) is 11.5. The average Bonchev–Trinajstić information content (AvgIpc) is 3.09. The Bertz CT molecular complexity index is 1060. The Morgan fingerprint density at radius 2 is 1.71 bits per heavy atom. The van der Waals surface area contributed by atoms with Gasteiger partial charge in [0.15, 0.2) is 0 Å². The van der Waals surface area contributed by atoms with Crippen LogP contribution in [0.1, 0.15) is 152 Å². The molecule has 0 radical (unpaired) electrons. The molecule has 0 saturated heterocycles. The highest BCUT2D eigenvalue weighted by Crippen LogP contribution is 2.56. The highest BCUT2D eigenvalue weighted by molar-refractivity contribution is 5.54. The van der Waals surface area contributed by atoms with Gasteiger partial charge in [-0.2, -0.15) is 0 Å². The van der Waals surface area contributed by atoms with Crippen LogP contribution in [0.15, 0.2) is 24.3 Å². The van der Waals surface area contributed by atoms with Crippen molar-refractivity contribution in [1.29, 1.82) is 0 Å². The van der Waals surface area contributed by atoms with Gasteiger partial charge < -0.3 is 9.84 Å². The maximum absolute atomic E-state index is 11.5. The van der Waals surface area contributed by atoms with Crippen LogP contribution in [-0.2, 0) is 22.2 Å². The van der Waals surface area contributed by atoms with Gasteiger partial charge in [-0.1, -0.05) is 86.1 Å². The third-order valence-electron chi connectivity index (χ3n) is 8.55. The van der Waals surface area contributed by atoms with Gasteiger partial charge in [0.1, 0.15) is 6.10 Å². The first-order chi connectivity index (χ1) is 16.3. The fourth-order valence-corrected chi connectivity index (χ4v) is 6.39. The second-order valence-electron chi connectivity index (χ2n) is 13.1. The zero-order valence-electron chi connectivity index (χ0n) is 23.6. The van der Waals surface area contributed by atoms with Crippen molar-refractivity contribution < 1.29 is 9.84 Å². The fraction of sp³-hybridized carbons (Fsp3) is 0.656. The first-order valence-corrected chi connectivity index (χ1v) is 13.9. The van der Waals surface area contributed by atoms with Gasteiger partial charge in [0.25, 0.3) is 0 Å². The summed E-state index contributed by atoms with van der Waals surface area (Å²) in [5.41, 5.74) is 8.11. The van der Waals surface area contributed by atoms with E-state index < -0.39 is 11.7 Å². The van der Waals surface area contributed by atoms with Gasteiger partial charge in [-0.05, 0) is 66.5 Å². The van der Waals surface area contributed by atoms with E-state index in [0.29, 0.717) is 5.92 Å². The smallest absolute Gasteiger partial charge is 0.111 e. The van der Waals surface area contributed by atoms with Crippen LogP contribution < -0.4 is 0 Å². The van der Waals surface area contributed by atoms with E-state index >= 15 is 0 Å². The van der Waals surface area contributed by atoms with Crippen LogP contribution in [-0.4, -0.2) is 10.1 Å². The zero-order valence-corrected chi connectivity index (χ0v) is 23.6. The molecular formula is C32H47NO2. The lowest BCUT2D eigenvalue weighted by atomic mass is 9.70. The molecule has 0 saturated carbocycles. The van der Waals surface area contributed by atoms with Crippen molar-refractivity contribution in [2.45, 2.75) is 130 Å². The van der Waals surface area contributed by atoms with Crippen LogP contribution in [0.4, 0.5) is 0 Å². The molecule has 192 valence electrons. The summed E-state index contributed by atoms with van der Waals surface area (Å²) in [5.74, 6) is 0.403. The third kappa shape index (κ3) is 4.71. The molecule has 0 spiro atoms. The average molecular weight is 478 g/mol. The van der Waals surface area contributed by atoms with E-state index in [-0.39, 0.29) is 16.9 Å². The van der Waals surface area contributed by atoms with E-state index in [4.69, 9.17) is 9.72 Å². The lowest BCUT2D eigenvalue weighted by Crippen LogP contribution is -2.31. The molecule has 4 atom stereocenters. The molecule has 1 aliphatic carbocycles. The van der Waals surface area contributed by atoms with Crippen LogP contribution in [0.25, 0.3) is 0 Å². The molecule has 35 heavy (non-hydrogen) atoms. The molecule has 1 N–H and O–H groups in total. The SMILES string of the molecule is CCCC(CC)c1nc2c(c3c1C(c1ccc(C(C)(C)C)cc1)OC3(C)CC)C(O)CC(C)(C)C2. The number of aliphatic hydroxyl groups is 1. The molecule has 1 aliphatic heterocycles. The van der Waals surface area contributed by atoms with Gasteiger partial charge in [0.05, 0.1) is 17.4 Å². The Morgan fingerprint density at radius 1 is 1.06 bits per heavy atom. The molecule has 3 heteroatoms. The number of aliphatic hydroxyl groups excluding tert-OH is 1. The number of benzene rings is 1. The molecule has 2 heterocycles. The molecule has 0 fully saturated rings.